The molecule has 3 nitrogen and oxygen atoms in total. The summed E-state index contributed by atoms with van der Waals surface area (Å²) in [4.78, 5) is 0.231. The number of aryl methyl sites for hydroxylation is 1. The molecule has 0 aliphatic heterocycles. The predicted molar refractivity (Wildman–Crippen MR) is 120 cm³/mol. The van der Waals surface area contributed by atoms with E-state index in [0.29, 0.717) is 0 Å². The predicted octanol–water partition coefficient (Wildman–Crippen LogP) is 4.38. The molecule has 4 heteroatoms. The van der Waals surface area contributed by atoms with Gasteiger partial charge in [-0.2, -0.15) is 4.31 Å². The van der Waals surface area contributed by atoms with E-state index in [0.717, 1.165) is 44.1 Å². The molecule has 1 rings (SSSR count). The Morgan fingerprint density at radius 2 is 1.21 bits per heavy atom. The van der Waals surface area contributed by atoms with Crippen LogP contribution in [0.4, 0.5) is 0 Å². The van der Waals surface area contributed by atoms with Crippen molar-refractivity contribution in [3.63, 3.8) is 0 Å². The van der Waals surface area contributed by atoms with Gasteiger partial charge < -0.3 is 0 Å². The van der Waals surface area contributed by atoms with Crippen molar-refractivity contribution >= 4 is 10.0 Å². The second-order valence-corrected chi connectivity index (χ2v) is 8.44. The van der Waals surface area contributed by atoms with Crippen molar-refractivity contribution in [3.8, 4) is 47.4 Å². The Morgan fingerprint density at radius 1 is 0.759 bits per heavy atom. The van der Waals surface area contributed by atoms with Gasteiger partial charge in [0.05, 0.1) is 18.0 Å². The van der Waals surface area contributed by atoms with E-state index in [1.165, 1.54) is 4.31 Å². The lowest BCUT2D eigenvalue weighted by Gasteiger charge is -2.17. The third-order valence-corrected chi connectivity index (χ3v) is 5.76. The van der Waals surface area contributed by atoms with Crippen LogP contribution in [0, 0.1) is 54.3 Å². The molecule has 0 aliphatic rings. The van der Waals surface area contributed by atoms with E-state index < -0.39 is 10.0 Å². The van der Waals surface area contributed by atoms with Crippen LogP contribution in [0.15, 0.2) is 29.2 Å². The Balaban J connectivity index is 2.93. The summed E-state index contributed by atoms with van der Waals surface area (Å²) in [5.41, 5.74) is 1.000. The summed E-state index contributed by atoms with van der Waals surface area (Å²) in [5, 5.41) is 0. The van der Waals surface area contributed by atoms with Gasteiger partial charge in [-0.25, -0.2) is 8.42 Å². The number of benzene rings is 1. The lowest BCUT2D eigenvalue weighted by molar-refractivity contribution is 0.482. The van der Waals surface area contributed by atoms with E-state index in [1.807, 2.05) is 6.92 Å². The zero-order valence-corrected chi connectivity index (χ0v) is 18.5. The number of unbranched alkanes of at least 4 members (excludes halogenated alkanes) is 4. The van der Waals surface area contributed by atoms with Crippen molar-refractivity contribution in [2.45, 2.75) is 64.2 Å². The summed E-state index contributed by atoms with van der Waals surface area (Å²) < 4.78 is 27.2. The average Bonchev–Trinajstić information content (AvgIpc) is 2.71. The van der Waals surface area contributed by atoms with Crippen molar-refractivity contribution in [2.75, 3.05) is 13.1 Å². The Labute approximate surface area is 177 Å². The van der Waals surface area contributed by atoms with Gasteiger partial charge in [-0.1, -0.05) is 68.1 Å². The summed E-state index contributed by atoms with van der Waals surface area (Å²) in [6, 6.07) is 6.77. The van der Waals surface area contributed by atoms with Gasteiger partial charge in [-0.15, -0.1) is 0 Å². The van der Waals surface area contributed by atoms with E-state index in [-0.39, 0.29) is 18.0 Å². The van der Waals surface area contributed by atoms with Crippen LogP contribution in [0.3, 0.4) is 0 Å². The van der Waals surface area contributed by atoms with Gasteiger partial charge in [0.1, 0.15) is 0 Å². The van der Waals surface area contributed by atoms with Gasteiger partial charge in [0.25, 0.3) is 0 Å². The SMILES string of the molecule is CCCCC#CC#CCN(CC#CC#CCCCC)S(=O)(=O)c1ccc(C)cc1. The van der Waals surface area contributed by atoms with Crippen LogP contribution in [-0.4, -0.2) is 25.8 Å². The molecular formula is C25H29NO2S. The van der Waals surface area contributed by atoms with Gasteiger partial charge in [0.2, 0.25) is 10.0 Å². The van der Waals surface area contributed by atoms with E-state index in [1.54, 1.807) is 24.3 Å². The first-order valence-electron chi connectivity index (χ1n) is 10.0. The molecule has 0 bridgehead atoms. The molecule has 0 heterocycles. The molecule has 0 atom stereocenters. The number of nitrogens with zero attached hydrogens (tertiary/aromatic N) is 1. The van der Waals surface area contributed by atoms with Crippen molar-refractivity contribution in [3.05, 3.63) is 29.8 Å². The van der Waals surface area contributed by atoms with Crippen LogP contribution in [0.5, 0.6) is 0 Å². The first-order chi connectivity index (χ1) is 14.0. The van der Waals surface area contributed by atoms with Gasteiger partial charge in [0, 0.05) is 12.8 Å². The van der Waals surface area contributed by atoms with E-state index in [9.17, 15) is 8.42 Å². The topological polar surface area (TPSA) is 37.4 Å². The molecule has 0 fully saturated rings. The molecule has 152 valence electrons. The smallest absolute Gasteiger partial charge is 0.207 e. The van der Waals surface area contributed by atoms with Crippen LogP contribution >= 0.6 is 0 Å². The highest BCUT2D eigenvalue weighted by molar-refractivity contribution is 7.89. The molecule has 0 amide bonds. The minimum atomic E-state index is -3.69. The van der Waals surface area contributed by atoms with E-state index in [2.05, 4.69) is 61.2 Å². The molecule has 0 saturated carbocycles. The van der Waals surface area contributed by atoms with Crippen molar-refractivity contribution < 1.29 is 8.42 Å². The third kappa shape index (κ3) is 9.92. The molecule has 0 spiro atoms. The Morgan fingerprint density at radius 3 is 1.66 bits per heavy atom. The maximum absolute atomic E-state index is 13.0. The summed E-state index contributed by atoms with van der Waals surface area (Å²) >= 11 is 0. The zero-order valence-electron chi connectivity index (χ0n) is 17.6. The molecule has 0 N–H and O–H groups in total. The molecule has 1 aromatic carbocycles. The number of sulfonamides is 1. The minimum Gasteiger partial charge on any atom is -0.207 e. The second-order valence-electron chi connectivity index (χ2n) is 6.50. The quantitative estimate of drug-likeness (QED) is 0.474. The molecule has 0 radical (unpaired) electrons. The standard InChI is InChI=1S/C25H29NO2S/c1-4-6-8-10-12-14-16-22-26(23-17-15-13-11-9-7-5-2)29(27,28)25-20-18-24(3)19-21-25/h18-21H,4-9,22-23H2,1-3H3. The lowest BCUT2D eigenvalue weighted by Crippen LogP contribution is -2.32. The van der Waals surface area contributed by atoms with Crippen molar-refractivity contribution in [1.29, 1.82) is 0 Å². The van der Waals surface area contributed by atoms with Gasteiger partial charge in [-0.05, 0) is 55.6 Å². The number of hydrogen-bond donors (Lipinski definition) is 0. The average molecular weight is 408 g/mol. The maximum Gasteiger partial charge on any atom is 0.244 e. The largest absolute Gasteiger partial charge is 0.244 e. The molecular weight excluding hydrogens is 378 g/mol. The van der Waals surface area contributed by atoms with Crippen molar-refractivity contribution in [1.82, 2.24) is 4.31 Å². The third-order valence-electron chi connectivity index (χ3n) is 3.96. The molecule has 0 aliphatic carbocycles. The van der Waals surface area contributed by atoms with E-state index in [4.69, 9.17) is 0 Å². The Hall–Kier alpha value is -2.63. The highest BCUT2D eigenvalue weighted by Crippen LogP contribution is 2.15. The van der Waals surface area contributed by atoms with Crippen LogP contribution in [0.2, 0.25) is 0 Å². The normalized spacial score (nSPS) is 9.79. The van der Waals surface area contributed by atoms with Gasteiger partial charge in [-0.3, -0.25) is 0 Å². The van der Waals surface area contributed by atoms with Crippen molar-refractivity contribution in [2.24, 2.45) is 0 Å². The number of rotatable bonds is 8. The summed E-state index contributed by atoms with van der Waals surface area (Å²) in [5.74, 6) is 22.7. The van der Waals surface area contributed by atoms with Gasteiger partial charge in [0.15, 0.2) is 0 Å². The maximum atomic E-state index is 13.0. The number of hydrogen-bond acceptors (Lipinski definition) is 2. The molecule has 29 heavy (non-hydrogen) atoms. The van der Waals surface area contributed by atoms with Crippen LogP contribution in [0.1, 0.15) is 57.9 Å². The highest BCUT2D eigenvalue weighted by Gasteiger charge is 2.22. The minimum absolute atomic E-state index is 0.0383. The monoisotopic (exact) mass is 407 g/mol. The van der Waals surface area contributed by atoms with Crippen LogP contribution < -0.4 is 0 Å². The second kappa shape index (κ2) is 14.4. The fourth-order valence-electron chi connectivity index (χ4n) is 2.17. The summed E-state index contributed by atoms with van der Waals surface area (Å²) in [7, 11) is -3.69. The zero-order chi connectivity index (χ0) is 21.4. The lowest BCUT2D eigenvalue weighted by atomic mass is 10.2. The highest BCUT2D eigenvalue weighted by atomic mass is 32.2. The molecule has 1 aromatic rings. The molecule has 0 aromatic heterocycles. The Bertz CT molecular complexity index is 930. The summed E-state index contributed by atoms with van der Waals surface area (Å²) in [6.45, 7) is 6.21. The first kappa shape index (κ1) is 24.4. The van der Waals surface area contributed by atoms with Crippen LogP contribution in [0.25, 0.3) is 0 Å². The van der Waals surface area contributed by atoms with E-state index >= 15 is 0 Å². The fourth-order valence-corrected chi connectivity index (χ4v) is 3.42. The Kier molecular flexibility index (Phi) is 12.1. The fraction of sp³-hybridized carbons (Fsp3) is 0.440. The first-order valence-corrected chi connectivity index (χ1v) is 11.4. The van der Waals surface area contributed by atoms with Gasteiger partial charge >= 0.3 is 0 Å². The van der Waals surface area contributed by atoms with Crippen LogP contribution in [-0.2, 0) is 10.0 Å². The summed E-state index contributed by atoms with van der Waals surface area (Å²) in [6.07, 6.45) is 5.86. The molecule has 0 saturated heterocycles. The molecule has 0 unspecified atom stereocenters.